The number of sulfonamides is 1. The predicted molar refractivity (Wildman–Crippen MR) is 143 cm³/mol. The summed E-state index contributed by atoms with van der Waals surface area (Å²) in [5, 5.41) is 24.1. The Hall–Kier alpha value is -3.89. The highest BCUT2D eigenvalue weighted by Gasteiger charge is 2.49. The molecule has 1 unspecified atom stereocenters. The molecule has 0 saturated carbocycles. The summed E-state index contributed by atoms with van der Waals surface area (Å²) in [7, 11) is -8.23. The highest BCUT2D eigenvalue weighted by molar-refractivity contribution is 7.96. The maximum atomic E-state index is 13.8. The van der Waals surface area contributed by atoms with Crippen LogP contribution in [0.1, 0.15) is 31.9 Å². The molecular weight excluding hydrogens is 547 g/mol. The van der Waals surface area contributed by atoms with Crippen molar-refractivity contribution >= 4 is 37.1 Å². The van der Waals surface area contributed by atoms with Gasteiger partial charge in [0.25, 0.3) is 5.91 Å². The lowest BCUT2D eigenvalue weighted by molar-refractivity contribution is -0.129. The number of rotatable bonds is 5. The predicted octanol–water partition coefficient (Wildman–Crippen LogP) is 3.71. The number of anilines is 2. The number of nitriles is 1. The number of sulfone groups is 1. The van der Waals surface area contributed by atoms with E-state index < -0.39 is 53.7 Å². The molecule has 0 aromatic heterocycles. The summed E-state index contributed by atoms with van der Waals surface area (Å²) in [6, 6.07) is 8.82. The van der Waals surface area contributed by atoms with E-state index in [9.17, 15) is 36.4 Å². The number of nitrogens with one attached hydrogen (secondary N) is 2. The molecule has 4 rings (SSSR count). The van der Waals surface area contributed by atoms with Gasteiger partial charge in [-0.15, -0.1) is 0 Å². The summed E-state index contributed by atoms with van der Waals surface area (Å²) in [5.41, 5.74) is -0.505. The van der Waals surface area contributed by atoms with Crippen molar-refractivity contribution in [3.63, 3.8) is 0 Å². The maximum Gasteiger partial charge on any atom is 0.260 e. The van der Waals surface area contributed by atoms with Gasteiger partial charge in [-0.25, -0.2) is 21.2 Å². The highest BCUT2D eigenvalue weighted by Crippen LogP contribution is 2.44. The van der Waals surface area contributed by atoms with E-state index in [1.165, 1.54) is 29.2 Å². The van der Waals surface area contributed by atoms with Crippen LogP contribution in [0.25, 0.3) is 0 Å². The van der Waals surface area contributed by atoms with Crippen molar-refractivity contribution in [3.8, 4) is 6.07 Å². The molecule has 0 aliphatic carbocycles. The van der Waals surface area contributed by atoms with Crippen LogP contribution in [0.5, 0.6) is 0 Å². The van der Waals surface area contributed by atoms with Crippen molar-refractivity contribution in [1.29, 1.82) is 5.26 Å². The lowest BCUT2D eigenvalue weighted by atomic mass is 9.85. The van der Waals surface area contributed by atoms with Gasteiger partial charge in [0.15, 0.2) is 4.91 Å². The van der Waals surface area contributed by atoms with E-state index in [0.717, 1.165) is 12.3 Å². The third kappa shape index (κ3) is 5.09. The van der Waals surface area contributed by atoms with Gasteiger partial charge in [0.1, 0.15) is 23.2 Å². The van der Waals surface area contributed by atoms with Gasteiger partial charge in [-0.3, -0.25) is 9.52 Å². The number of aryl methyl sites for hydroxylation is 1. The van der Waals surface area contributed by atoms with E-state index in [1.807, 2.05) is 0 Å². The Bertz CT molecular complexity index is 1730. The number of fused-ring (bicyclic) bond motifs is 1. The van der Waals surface area contributed by atoms with Gasteiger partial charge in [0, 0.05) is 12.2 Å². The summed E-state index contributed by atoms with van der Waals surface area (Å²) in [4.78, 5) is 14.0. The fraction of sp³-hybridized carbons (Fsp3) is 0.308. The Labute approximate surface area is 226 Å². The molecule has 39 heavy (non-hydrogen) atoms. The minimum absolute atomic E-state index is 0.00364. The second-order valence-electron chi connectivity index (χ2n) is 10.6. The van der Waals surface area contributed by atoms with Gasteiger partial charge in [-0.05, 0) is 47.7 Å². The first-order valence-electron chi connectivity index (χ1n) is 11.7. The standard InChI is InChI=1S/C26H27FN4O6S2/c1-14-10-15(6-8-17(14)27)13-31-24(26(2,3)4)23(32)21(25(31)33)22-20(12-28)39(36,37)19-11-16(30-38(5,34)35)7-9-18(19)29-22/h6-11,24,29-30,32H,13H2,1-5H3. The minimum atomic E-state index is -4.52. The normalized spacial score (nSPS) is 19.1. The Balaban J connectivity index is 1.85. The van der Waals surface area contributed by atoms with E-state index in [2.05, 4.69) is 10.0 Å². The number of allylic oxidation sites excluding steroid dienone is 1. The van der Waals surface area contributed by atoms with Gasteiger partial charge in [0.2, 0.25) is 19.9 Å². The van der Waals surface area contributed by atoms with Crippen molar-refractivity contribution in [1.82, 2.24) is 4.90 Å². The number of aliphatic hydroxyl groups excluding tert-OH is 1. The molecule has 2 aromatic rings. The first kappa shape index (κ1) is 28.1. The van der Waals surface area contributed by atoms with E-state index in [0.29, 0.717) is 11.1 Å². The molecule has 0 bridgehead atoms. The van der Waals surface area contributed by atoms with Crippen molar-refractivity contribution in [3.05, 3.63) is 75.3 Å². The number of carbonyl (C=O) groups excluding carboxylic acids is 1. The highest BCUT2D eigenvalue weighted by atomic mass is 32.2. The van der Waals surface area contributed by atoms with Crippen LogP contribution in [0, 0.1) is 29.5 Å². The molecule has 2 aromatic carbocycles. The van der Waals surface area contributed by atoms with E-state index >= 15 is 0 Å². The fourth-order valence-electron chi connectivity index (χ4n) is 4.79. The average molecular weight is 575 g/mol. The number of hydrogen-bond acceptors (Lipinski definition) is 8. The zero-order chi connectivity index (χ0) is 29.1. The monoisotopic (exact) mass is 574 g/mol. The third-order valence-corrected chi connectivity index (χ3v) is 8.73. The number of halogens is 1. The SMILES string of the molecule is Cc1cc(CN2C(=O)C(C3=C(C#N)S(=O)(=O)c4cc(NS(C)(=O)=O)ccc4N3)=C(O)C2C(C)(C)C)ccc1F. The molecule has 2 heterocycles. The van der Waals surface area contributed by atoms with E-state index in [4.69, 9.17) is 0 Å². The van der Waals surface area contributed by atoms with E-state index in [-0.39, 0.29) is 34.1 Å². The van der Waals surface area contributed by atoms with Crippen molar-refractivity contribution in [2.24, 2.45) is 5.41 Å². The Kier molecular flexibility index (Phi) is 6.77. The summed E-state index contributed by atoms with van der Waals surface area (Å²) in [6.07, 6.45) is 0.906. The van der Waals surface area contributed by atoms with Crippen LogP contribution in [-0.2, 0) is 31.2 Å². The lowest BCUT2D eigenvalue weighted by Gasteiger charge is -2.35. The summed E-state index contributed by atoms with van der Waals surface area (Å²) >= 11 is 0. The summed E-state index contributed by atoms with van der Waals surface area (Å²) in [6.45, 7) is 6.96. The maximum absolute atomic E-state index is 13.8. The molecule has 3 N–H and O–H groups in total. The topological polar surface area (TPSA) is 157 Å². The second kappa shape index (κ2) is 9.39. The first-order chi connectivity index (χ1) is 18.0. The summed E-state index contributed by atoms with van der Waals surface area (Å²) < 4.78 is 66.3. The number of nitrogens with zero attached hydrogens (tertiary/aromatic N) is 2. The quantitative estimate of drug-likeness (QED) is 0.488. The lowest BCUT2D eigenvalue weighted by Crippen LogP contribution is -2.43. The minimum Gasteiger partial charge on any atom is -0.509 e. The molecule has 1 amide bonds. The zero-order valence-corrected chi connectivity index (χ0v) is 23.5. The number of benzene rings is 2. The van der Waals surface area contributed by atoms with E-state index in [1.54, 1.807) is 39.8 Å². The van der Waals surface area contributed by atoms with Crippen LogP contribution in [-0.4, -0.2) is 45.0 Å². The third-order valence-electron chi connectivity index (χ3n) is 6.38. The Morgan fingerprint density at radius 3 is 2.44 bits per heavy atom. The zero-order valence-electron chi connectivity index (χ0n) is 21.8. The average Bonchev–Trinajstić information content (AvgIpc) is 3.04. The smallest absolute Gasteiger partial charge is 0.260 e. The molecule has 206 valence electrons. The molecule has 0 radical (unpaired) electrons. The van der Waals surface area contributed by atoms with Crippen molar-refractivity contribution in [2.45, 2.75) is 45.2 Å². The number of hydrogen-bond donors (Lipinski definition) is 3. The van der Waals surface area contributed by atoms with Gasteiger partial charge in [-0.1, -0.05) is 32.9 Å². The molecular formula is C26H27FN4O6S2. The molecule has 2 aliphatic rings. The number of aliphatic hydroxyl groups is 1. The van der Waals surface area contributed by atoms with Crippen LogP contribution in [0.15, 0.2) is 63.2 Å². The fourth-order valence-corrected chi connectivity index (χ4v) is 6.79. The van der Waals surface area contributed by atoms with Crippen molar-refractivity contribution < 1.29 is 31.1 Å². The largest absolute Gasteiger partial charge is 0.509 e. The van der Waals surface area contributed by atoms with Crippen LogP contribution in [0.4, 0.5) is 15.8 Å². The summed E-state index contributed by atoms with van der Waals surface area (Å²) in [5.74, 6) is -1.52. The molecule has 13 heteroatoms. The van der Waals surface area contributed by atoms with Crippen LogP contribution >= 0.6 is 0 Å². The number of amides is 1. The molecule has 2 aliphatic heterocycles. The molecule has 0 saturated heterocycles. The van der Waals surface area contributed by atoms with Crippen molar-refractivity contribution in [2.75, 3.05) is 16.3 Å². The van der Waals surface area contributed by atoms with Crippen LogP contribution in [0.3, 0.4) is 0 Å². The molecule has 1 atom stereocenters. The number of carbonyl (C=O) groups is 1. The Morgan fingerprint density at radius 1 is 1.21 bits per heavy atom. The van der Waals surface area contributed by atoms with Gasteiger partial charge in [0.05, 0.1) is 28.6 Å². The second-order valence-corrected chi connectivity index (χ2v) is 14.2. The van der Waals surface area contributed by atoms with Gasteiger partial charge in [-0.2, -0.15) is 5.26 Å². The van der Waals surface area contributed by atoms with Gasteiger partial charge >= 0.3 is 0 Å². The first-order valence-corrected chi connectivity index (χ1v) is 15.1. The molecule has 0 spiro atoms. The van der Waals surface area contributed by atoms with Gasteiger partial charge < -0.3 is 15.3 Å². The molecule has 10 nitrogen and oxygen atoms in total. The van der Waals surface area contributed by atoms with Crippen LogP contribution in [0.2, 0.25) is 0 Å². The Morgan fingerprint density at radius 2 is 1.87 bits per heavy atom. The molecule has 0 fully saturated rings. The van der Waals surface area contributed by atoms with Crippen LogP contribution < -0.4 is 10.0 Å².